The van der Waals surface area contributed by atoms with Crippen LogP contribution in [0.4, 0.5) is 0 Å². The summed E-state index contributed by atoms with van der Waals surface area (Å²) in [6.07, 6.45) is 0. The van der Waals surface area contributed by atoms with Crippen molar-refractivity contribution in [1.82, 2.24) is 5.32 Å². The van der Waals surface area contributed by atoms with Crippen molar-refractivity contribution >= 4 is 5.97 Å². The summed E-state index contributed by atoms with van der Waals surface area (Å²) in [7, 11) is 2.97. The summed E-state index contributed by atoms with van der Waals surface area (Å²) in [5.41, 5.74) is 0. The van der Waals surface area contributed by atoms with Gasteiger partial charge in [-0.25, -0.2) is 0 Å². The Hall–Kier alpha value is -0.610. The van der Waals surface area contributed by atoms with Gasteiger partial charge < -0.3 is 14.8 Å². The second kappa shape index (κ2) is 6.51. The largest absolute Gasteiger partial charge is 0.468 e. The topological polar surface area (TPSA) is 47.6 Å². The van der Waals surface area contributed by atoms with Crippen molar-refractivity contribution in [3.05, 3.63) is 0 Å². The van der Waals surface area contributed by atoms with E-state index in [2.05, 4.69) is 10.1 Å². The molecule has 0 radical (unpaired) electrons. The summed E-state index contributed by atoms with van der Waals surface area (Å²) in [6, 6.07) is 0. The molecule has 4 heteroatoms. The van der Waals surface area contributed by atoms with E-state index in [0.29, 0.717) is 13.2 Å². The van der Waals surface area contributed by atoms with Gasteiger partial charge in [0, 0.05) is 13.7 Å². The van der Waals surface area contributed by atoms with E-state index >= 15 is 0 Å². The van der Waals surface area contributed by atoms with Crippen LogP contribution in [0.15, 0.2) is 0 Å². The molecule has 0 heterocycles. The maximum Gasteiger partial charge on any atom is 0.319 e. The molecule has 0 fully saturated rings. The first kappa shape index (κ1) is 9.39. The first-order valence-corrected chi connectivity index (χ1v) is 3.07. The van der Waals surface area contributed by atoms with E-state index in [4.69, 9.17) is 4.74 Å². The lowest BCUT2D eigenvalue weighted by atomic mass is 10.6. The van der Waals surface area contributed by atoms with Gasteiger partial charge in [-0.2, -0.15) is 0 Å². The number of hydrogen-bond acceptors (Lipinski definition) is 4. The normalized spacial score (nSPS) is 9.40. The van der Waals surface area contributed by atoms with Gasteiger partial charge in [0.25, 0.3) is 0 Å². The fourth-order valence-corrected chi connectivity index (χ4v) is 0.437. The zero-order valence-electron chi connectivity index (χ0n) is 6.35. The number of carbonyl (C=O) groups is 1. The highest BCUT2D eigenvalue weighted by molar-refractivity contribution is 5.71. The molecule has 0 unspecified atom stereocenters. The quantitative estimate of drug-likeness (QED) is 0.416. The Kier molecular flexibility index (Phi) is 6.11. The van der Waals surface area contributed by atoms with Crippen molar-refractivity contribution in [3.8, 4) is 0 Å². The van der Waals surface area contributed by atoms with Gasteiger partial charge in [-0.05, 0) is 0 Å². The Morgan fingerprint density at radius 2 is 2.20 bits per heavy atom. The van der Waals surface area contributed by atoms with E-state index < -0.39 is 0 Å². The van der Waals surface area contributed by atoms with Crippen LogP contribution in [0.5, 0.6) is 0 Å². The monoisotopic (exact) mass is 147 g/mol. The zero-order valence-corrected chi connectivity index (χ0v) is 6.35. The summed E-state index contributed by atoms with van der Waals surface area (Å²) in [6.45, 7) is 1.53. The minimum absolute atomic E-state index is 0.250. The minimum Gasteiger partial charge on any atom is -0.468 e. The van der Waals surface area contributed by atoms with E-state index in [9.17, 15) is 4.79 Å². The van der Waals surface area contributed by atoms with Crippen LogP contribution >= 0.6 is 0 Å². The highest BCUT2D eigenvalue weighted by Gasteiger charge is 1.95. The first-order chi connectivity index (χ1) is 4.81. The molecule has 1 N–H and O–H groups in total. The predicted octanol–water partition coefficient (Wildman–Crippen LogP) is -0.605. The molecule has 0 aromatic carbocycles. The molecule has 0 aromatic rings. The second-order valence-corrected chi connectivity index (χ2v) is 1.75. The maximum absolute atomic E-state index is 10.4. The van der Waals surface area contributed by atoms with Crippen molar-refractivity contribution in [3.63, 3.8) is 0 Å². The van der Waals surface area contributed by atoms with Gasteiger partial charge in [0.05, 0.1) is 20.3 Å². The number of carbonyl (C=O) groups excluding carboxylic acids is 1. The van der Waals surface area contributed by atoms with Gasteiger partial charge >= 0.3 is 5.97 Å². The number of esters is 1. The van der Waals surface area contributed by atoms with Crippen LogP contribution in [-0.2, 0) is 14.3 Å². The Bertz CT molecular complexity index is 95.0. The average Bonchev–Trinajstić information content (AvgIpc) is 1.98. The van der Waals surface area contributed by atoms with Gasteiger partial charge in [0.2, 0.25) is 0 Å². The molecule has 0 aliphatic heterocycles. The predicted molar refractivity (Wildman–Crippen MR) is 36.8 cm³/mol. The summed E-state index contributed by atoms with van der Waals surface area (Å²) in [5, 5.41) is 2.84. The van der Waals surface area contributed by atoms with Crippen LogP contribution in [0.2, 0.25) is 0 Å². The third kappa shape index (κ3) is 5.53. The van der Waals surface area contributed by atoms with Gasteiger partial charge in [0.1, 0.15) is 0 Å². The molecule has 0 rings (SSSR count). The van der Waals surface area contributed by atoms with Crippen molar-refractivity contribution < 1.29 is 14.3 Å². The highest BCUT2D eigenvalue weighted by atomic mass is 16.5. The number of nitrogens with one attached hydrogen (secondary N) is 1. The Balaban J connectivity index is 2.96. The van der Waals surface area contributed by atoms with Gasteiger partial charge in [-0.3, -0.25) is 4.79 Å². The van der Waals surface area contributed by atoms with Crippen LogP contribution in [0.1, 0.15) is 0 Å². The Labute approximate surface area is 60.5 Å². The molecule has 0 aliphatic rings. The van der Waals surface area contributed by atoms with Gasteiger partial charge in [-0.1, -0.05) is 0 Å². The molecule has 0 saturated heterocycles. The molecule has 60 valence electrons. The maximum atomic E-state index is 10.4. The lowest BCUT2D eigenvalue weighted by molar-refractivity contribution is -0.139. The third-order valence-corrected chi connectivity index (χ3v) is 0.980. The number of ether oxygens (including phenoxy) is 2. The molecular weight excluding hydrogens is 134 g/mol. The van der Waals surface area contributed by atoms with Gasteiger partial charge in [0.15, 0.2) is 0 Å². The molecule has 10 heavy (non-hydrogen) atoms. The van der Waals surface area contributed by atoms with E-state index in [-0.39, 0.29) is 12.5 Å². The summed E-state index contributed by atoms with van der Waals surface area (Å²) in [4.78, 5) is 10.4. The van der Waals surface area contributed by atoms with E-state index in [1.54, 1.807) is 7.11 Å². The SMILES string of the molecule is COCCNCC(=O)OC. The fraction of sp³-hybridized carbons (Fsp3) is 0.833. The minimum atomic E-state index is -0.254. The smallest absolute Gasteiger partial charge is 0.319 e. The average molecular weight is 147 g/mol. The highest BCUT2D eigenvalue weighted by Crippen LogP contribution is 1.69. The summed E-state index contributed by atoms with van der Waals surface area (Å²) < 4.78 is 9.13. The Morgan fingerprint density at radius 3 is 2.70 bits per heavy atom. The van der Waals surface area contributed by atoms with Crippen molar-refractivity contribution in [2.75, 3.05) is 33.9 Å². The second-order valence-electron chi connectivity index (χ2n) is 1.75. The molecule has 0 spiro atoms. The van der Waals surface area contributed by atoms with Crippen LogP contribution in [0.25, 0.3) is 0 Å². The molecule has 0 aromatic heterocycles. The third-order valence-electron chi connectivity index (χ3n) is 0.980. The van der Waals surface area contributed by atoms with Crippen LogP contribution < -0.4 is 5.32 Å². The molecular formula is C6H13NO3. The van der Waals surface area contributed by atoms with Gasteiger partial charge in [-0.15, -0.1) is 0 Å². The van der Waals surface area contributed by atoms with E-state index in [0.717, 1.165) is 0 Å². The zero-order chi connectivity index (χ0) is 7.82. The molecule has 0 atom stereocenters. The molecule has 0 saturated carbocycles. The van der Waals surface area contributed by atoms with Crippen LogP contribution in [0, 0.1) is 0 Å². The molecule has 0 amide bonds. The van der Waals surface area contributed by atoms with E-state index in [1.165, 1.54) is 7.11 Å². The van der Waals surface area contributed by atoms with Crippen LogP contribution in [-0.4, -0.2) is 39.9 Å². The van der Waals surface area contributed by atoms with Crippen molar-refractivity contribution in [2.24, 2.45) is 0 Å². The number of hydrogen-bond donors (Lipinski definition) is 1. The lowest BCUT2D eigenvalue weighted by Crippen LogP contribution is -2.26. The molecule has 4 nitrogen and oxygen atoms in total. The number of rotatable bonds is 5. The van der Waals surface area contributed by atoms with Crippen LogP contribution in [0.3, 0.4) is 0 Å². The first-order valence-electron chi connectivity index (χ1n) is 3.07. The molecule has 0 aliphatic carbocycles. The summed E-state index contributed by atoms with van der Waals surface area (Å²) >= 11 is 0. The fourth-order valence-electron chi connectivity index (χ4n) is 0.437. The standard InChI is InChI=1S/C6H13NO3/c1-9-4-3-7-5-6(8)10-2/h7H,3-5H2,1-2H3. The summed E-state index contributed by atoms with van der Waals surface area (Å²) in [5.74, 6) is -0.254. The Morgan fingerprint density at radius 1 is 1.50 bits per heavy atom. The van der Waals surface area contributed by atoms with E-state index in [1.807, 2.05) is 0 Å². The number of methoxy groups -OCH3 is 2. The van der Waals surface area contributed by atoms with Crippen molar-refractivity contribution in [1.29, 1.82) is 0 Å². The van der Waals surface area contributed by atoms with Crippen molar-refractivity contribution in [2.45, 2.75) is 0 Å². The molecule has 0 bridgehead atoms. The lowest BCUT2D eigenvalue weighted by Gasteiger charge is -2.00.